The maximum Gasteiger partial charge on any atom is 0.256 e. The number of amides is 1. The van der Waals surface area contributed by atoms with Crippen molar-refractivity contribution >= 4 is 11.7 Å². The Morgan fingerprint density at radius 1 is 1.07 bits per heavy atom. The van der Waals surface area contributed by atoms with Gasteiger partial charge in [0, 0.05) is 18.3 Å². The van der Waals surface area contributed by atoms with E-state index >= 15 is 0 Å². The summed E-state index contributed by atoms with van der Waals surface area (Å²) in [5.41, 5.74) is 0.951. The van der Waals surface area contributed by atoms with Gasteiger partial charge in [-0.3, -0.25) is 4.79 Å². The van der Waals surface area contributed by atoms with Crippen LogP contribution in [0.2, 0.25) is 0 Å². The summed E-state index contributed by atoms with van der Waals surface area (Å²) in [4.78, 5) is 16.5. The summed E-state index contributed by atoms with van der Waals surface area (Å²) in [6, 6.07) is 8.48. The molecule has 140 valence electrons. The molecule has 1 aromatic heterocycles. The normalized spacial score (nSPS) is 10.5. The van der Waals surface area contributed by atoms with Crippen LogP contribution in [0.25, 0.3) is 0 Å². The highest BCUT2D eigenvalue weighted by Gasteiger charge is 2.12. The van der Waals surface area contributed by atoms with Gasteiger partial charge in [0.05, 0.1) is 20.5 Å². The lowest BCUT2D eigenvalue weighted by atomic mass is 10.2. The first kappa shape index (κ1) is 18.4. The fraction of sp³-hybridized carbons (Fsp3) is 0.158. The molecular formula is C19H17F2N3O3. The van der Waals surface area contributed by atoms with Crippen molar-refractivity contribution in [3.63, 3.8) is 0 Å². The minimum Gasteiger partial charge on any atom is -0.493 e. The van der Waals surface area contributed by atoms with Crippen LogP contribution in [0.15, 0.2) is 48.9 Å². The Kier molecular flexibility index (Phi) is 5.35. The first-order valence-electron chi connectivity index (χ1n) is 7.99. The fourth-order valence-corrected chi connectivity index (χ4v) is 2.53. The second-order valence-corrected chi connectivity index (χ2v) is 5.70. The van der Waals surface area contributed by atoms with Crippen LogP contribution in [0.4, 0.5) is 14.6 Å². The van der Waals surface area contributed by atoms with Gasteiger partial charge in [0.1, 0.15) is 0 Å². The Labute approximate surface area is 154 Å². The number of anilines is 1. The largest absolute Gasteiger partial charge is 0.493 e. The monoisotopic (exact) mass is 373 g/mol. The van der Waals surface area contributed by atoms with Crippen LogP contribution in [0.3, 0.4) is 0 Å². The third-order valence-electron chi connectivity index (χ3n) is 3.87. The first-order valence-corrected chi connectivity index (χ1v) is 7.99. The molecule has 0 spiro atoms. The van der Waals surface area contributed by atoms with Crippen LogP contribution in [0, 0.1) is 11.6 Å². The average molecular weight is 373 g/mol. The van der Waals surface area contributed by atoms with Crippen LogP contribution >= 0.6 is 0 Å². The molecule has 3 aromatic rings. The first-order chi connectivity index (χ1) is 13.0. The summed E-state index contributed by atoms with van der Waals surface area (Å²) >= 11 is 0. The van der Waals surface area contributed by atoms with Crippen molar-refractivity contribution < 1.29 is 23.0 Å². The molecule has 0 aliphatic carbocycles. The van der Waals surface area contributed by atoms with E-state index < -0.39 is 11.6 Å². The van der Waals surface area contributed by atoms with Gasteiger partial charge >= 0.3 is 0 Å². The summed E-state index contributed by atoms with van der Waals surface area (Å²) in [6.45, 7) is 0.288. The second kappa shape index (κ2) is 7.86. The number of carbonyl (C=O) groups is 1. The van der Waals surface area contributed by atoms with Crippen molar-refractivity contribution in [2.24, 2.45) is 0 Å². The Bertz CT molecular complexity index is 973. The van der Waals surface area contributed by atoms with Gasteiger partial charge in [0.2, 0.25) is 0 Å². The molecule has 0 saturated heterocycles. The fourth-order valence-electron chi connectivity index (χ4n) is 2.53. The van der Waals surface area contributed by atoms with Crippen molar-refractivity contribution in [1.29, 1.82) is 0 Å². The highest BCUT2D eigenvalue weighted by Crippen LogP contribution is 2.27. The molecule has 6 nitrogen and oxygen atoms in total. The summed E-state index contributed by atoms with van der Waals surface area (Å²) < 4.78 is 38.3. The summed E-state index contributed by atoms with van der Waals surface area (Å²) in [5, 5.41) is 2.67. The molecule has 2 aromatic carbocycles. The average Bonchev–Trinajstić information content (AvgIpc) is 3.10. The van der Waals surface area contributed by atoms with Crippen LogP contribution in [0.1, 0.15) is 15.9 Å². The van der Waals surface area contributed by atoms with Crippen LogP contribution in [-0.4, -0.2) is 29.7 Å². The Balaban J connectivity index is 1.70. The number of hydrogen-bond donors (Lipinski definition) is 1. The number of methoxy groups -OCH3 is 2. The smallest absolute Gasteiger partial charge is 0.256 e. The van der Waals surface area contributed by atoms with Gasteiger partial charge in [-0.2, -0.15) is 0 Å². The van der Waals surface area contributed by atoms with Crippen molar-refractivity contribution in [2.45, 2.75) is 6.54 Å². The third kappa shape index (κ3) is 4.22. The Morgan fingerprint density at radius 3 is 2.56 bits per heavy atom. The number of nitrogens with zero attached hydrogens (tertiary/aromatic N) is 2. The van der Waals surface area contributed by atoms with E-state index in [9.17, 15) is 13.6 Å². The lowest BCUT2D eigenvalue weighted by Crippen LogP contribution is -2.12. The minimum absolute atomic E-state index is 0.288. The molecule has 0 radical (unpaired) electrons. The molecule has 0 saturated carbocycles. The van der Waals surface area contributed by atoms with Crippen molar-refractivity contribution in [3.8, 4) is 11.5 Å². The predicted octanol–water partition coefficient (Wildman–Crippen LogP) is 3.48. The van der Waals surface area contributed by atoms with E-state index in [0.717, 1.165) is 12.1 Å². The quantitative estimate of drug-likeness (QED) is 0.719. The Hall–Kier alpha value is -3.42. The number of benzene rings is 2. The maximum atomic E-state index is 13.3. The number of imidazole rings is 1. The lowest BCUT2D eigenvalue weighted by Gasteiger charge is -2.09. The molecule has 0 unspecified atom stereocenters. The topological polar surface area (TPSA) is 65.4 Å². The molecule has 1 N–H and O–H groups in total. The van der Waals surface area contributed by atoms with E-state index in [-0.39, 0.29) is 12.5 Å². The molecule has 1 heterocycles. The van der Waals surface area contributed by atoms with Crippen molar-refractivity contribution in [1.82, 2.24) is 9.55 Å². The number of nitrogens with one attached hydrogen (secondary N) is 1. The zero-order chi connectivity index (χ0) is 19.4. The van der Waals surface area contributed by atoms with Gasteiger partial charge in [-0.25, -0.2) is 13.8 Å². The number of carbonyl (C=O) groups excluding carboxylic acids is 1. The van der Waals surface area contributed by atoms with Crippen LogP contribution in [0.5, 0.6) is 11.5 Å². The molecule has 0 fully saturated rings. The van der Waals surface area contributed by atoms with Gasteiger partial charge in [-0.15, -0.1) is 0 Å². The van der Waals surface area contributed by atoms with Crippen LogP contribution in [-0.2, 0) is 6.54 Å². The van der Waals surface area contributed by atoms with Crippen molar-refractivity contribution in [2.75, 3.05) is 19.5 Å². The van der Waals surface area contributed by atoms with Gasteiger partial charge < -0.3 is 19.4 Å². The summed E-state index contributed by atoms with van der Waals surface area (Å²) in [6.07, 6.45) is 3.09. The highest BCUT2D eigenvalue weighted by atomic mass is 19.2. The standard InChI is InChI=1S/C19H17F2N3O3/c1-26-16-6-4-13(8-17(16)27-2)19(25)23-18-10-24(11-22-18)9-12-3-5-14(20)15(21)7-12/h3-8,10-11H,9H2,1-2H3,(H,23,25). The van der Waals surface area contributed by atoms with E-state index in [1.54, 1.807) is 29.0 Å². The molecule has 1 amide bonds. The van der Waals surface area contributed by atoms with Gasteiger partial charge in [-0.05, 0) is 35.9 Å². The minimum atomic E-state index is -0.908. The molecule has 0 atom stereocenters. The Morgan fingerprint density at radius 2 is 1.85 bits per heavy atom. The third-order valence-corrected chi connectivity index (χ3v) is 3.87. The predicted molar refractivity (Wildman–Crippen MR) is 95.2 cm³/mol. The van der Waals surface area contributed by atoms with E-state index in [2.05, 4.69) is 10.3 Å². The van der Waals surface area contributed by atoms with Gasteiger partial charge in [-0.1, -0.05) is 6.07 Å². The highest BCUT2D eigenvalue weighted by molar-refractivity contribution is 6.04. The van der Waals surface area contributed by atoms with E-state index in [1.165, 1.54) is 26.6 Å². The van der Waals surface area contributed by atoms with Crippen LogP contribution < -0.4 is 14.8 Å². The molecule has 8 heteroatoms. The van der Waals surface area contributed by atoms with Gasteiger partial charge in [0.15, 0.2) is 29.0 Å². The molecule has 27 heavy (non-hydrogen) atoms. The zero-order valence-electron chi connectivity index (χ0n) is 14.7. The number of hydrogen-bond acceptors (Lipinski definition) is 4. The van der Waals surface area contributed by atoms with Crippen molar-refractivity contribution in [3.05, 3.63) is 71.7 Å². The summed E-state index contributed by atoms with van der Waals surface area (Å²) in [7, 11) is 3.00. The zero-order valence-corrected chi connectivity index (χ0v) is 14.7. The summed E-state index contributed by atoms with van der Waals surface area (Å²) in [5.74, 6) is -0.882. The lowest BCUT2D eigenvalue weighted by molar-refractivity contribution is 0.102. The van der Waals surface area contributed by atoms with E-state index in [1.807, 2.05) is 0 Å². The second-order valence-electron chi connectivity index (χ2n) is 5.70. The molecule has 0 bridgehead atoms. The number of halogens is 2. The van der Waals surface area contributed by atoms with E-state index in [0.29, 0.717) is 28.4 Å². The number of aromatic nitrogens is 2. The molecule has 0 aliphatic heterocycles. The maximum absolute atomic E-state index is 13.3. The number of ether oxygens (including phenoxy) is 2. The van der Waals surface area contributed by atoms with Gasteiger partial charge in [0.25, 0.3) is 5.91 Å². The molecule has 0 aliphatic rings. The molecule has 3 rings (SSSR count). The molecular weight excluding hydrogens is 356 g/mol. The van der Waals surface area contributed by atoms with E-state index in [4.69, 9.17) is 9.47 Å². The SMILES string of the molecule is COc1ccc(C(=O)Nc2cn(Cc3ccc(F)c(F)c3)cn2)cc1OC. The number of rotatable bonds is 6.